The smallest absolute Gasteiger partial charge is 0.0471 e. The van der Waals surface area contributed by atoms with Crippen LogP contribution >= 0.6 is 11.8 Å². The molecule has 19 heavy (non-hydrogen) atoms. The van der Waals surface area contributed by atoms with Gasteiger partial charge in [0.15, 0.2) is 0 Å². The number of hydrogen-bond acceptors (Lipinski definition) is 3. The van der Waals surface area contributed by atoms with Gasteiger partial charge in [-0.15, -0.1) is 0 Å². The predicted molar refractivity (Wildman–Crippen MR) is 83.7 cm³/mol. The van der Waals surface area contributed by atoms with Crippen LogP contribution in [0.2, 0.25) is 0 Å². The van der Waals surface area contributed by atoms with E-state index in [-0.39, 0.29) is 0 Å². The van der Waals surface area contributed by atoms with Crippen molar-refractivity contribution >= 4 is 11.8 Å². The monoisotopic (exact) mass is 276 g/mol. The predicted octanol–water partition coefficient (Wildman–Crippen LogP) is 3.00. The average molecular weight is 276 g/mol. The molecule has 0 aromatic heterocycles. The summed E-state index contributed by atoms with van der Waals surface area (Å²) in [4.78, 5) is 2.56. The summed E-state index contributed by atoms with van der Waals surface area (Å²) in [6.45, 7) is 5.37. The zero-order valence-corrected chi connectivity index (χ0v) is 12.5. The minimum atomic E-state index is 0.400. The molecule has 104 valence electrons. The average Bonchev–Trinajstić information content (AvgIpc) is 3.25. The van der Waals surface area contributed by atoms with Crippen molar-refractivity contribution in [2.75, 3.05) is 25.4 Å². The summed E-state index contributed by atoms with van der Waals surface area (Å²) in [5.41, 5.74) is 8.95. The van der Waals surface area contributed by atoms with E-state index in [4.69, 9.17) is 5.73 Å². The van der Waals surface area contributed by atoms with E-state index in [1.165, 1.54) is 36.3 Å². The first-order valence-corrected chi connectivity index (χ1v) is 8.48. The van der Waals surface area contributed by atoms with E-state index in [9.17, 15) is 0 Å². The van der Waals surface area contributed by atoms with Gasteiger partial charge in [0.05, 0.1) is 0 Å². The summed E-state index contributed by atoms with van der Waals surface area (Å²) < 4.78 is 0. The molecule has 2 unspecified atom stereocenters. The largest absolute Gasteiger partial charge is 0.329 e. The van der Waals surface area contributed by atoms with Gasteiger partial charge in [-0.25, -0.2) is 0 Å². The van der Waals surface area contributed by atoms with E-state index in [2.05, 4.69) is 47.9 Å². The Labute approximate surface area is 120 Å². The number of rotatable bonds is 4. The molecule has 1 aliphatic carbocycles. The minimum Gasteiger partial charge on any atom is -0.329 e. The first kappa shape index (κ1) is 13.5. The lowest BCUT2D eigenvalue weighted by molar-refractivity contribution is 0.211. The number of benzene rings is 1. The molecule has 2 atom stereocenters. The Morgan fingerprint density at radius 2 is 2.05 bits per heavy atom. The summed E-state index contributed by atoms with van der Waals surface area (Å²) in [5, 5.41) is 0.730. The Bertz CT molecular complexity index is 413. The molecule has 0 bridgehead atoms. The van der Waals surface area contributed by atoms with E-state index < -0.39 is 0 Å². The van der Waals surface area contributed by atoms with Gasteiger partial charge in [-0.1, -0.05) is 31.2 Å². The van der Waals surface area contributed by atoms with Gasteiger partial charge < -0.3 is 5.73 Å². The van der Waals surface area contributed by atoms with Gasteiger partial charge in [-0.3, -0.25) is 4.90 Å². The molecule has 2 fully saturated rings. The van der Waals surface area contributed by atoms with Crippen molar-refractivity contribution in [1.29, 1.82) is 0 Å². The summed E-state index contributed by atoms with van der Waals surface area (Å²) >= 11 is 2.08. The fourth-order valence-electron chi connectivity index (χ4n) is 3.03. The first-order chi connectivity index (χ1) is 9.28. The Morgan fingerprint density at radius 3 is 2.63 bits per heavy atom. The summed E-state index contributed by atoms with van der Waals surface area (Å²) in [6, 6.07) is 9.64. The van der Waals surface area contributed by atoms with E-state index in [0.29, 0.717) is 6.04 Å². The van der Waals surface area contributed by atoms with Crippen LogP contribution in [-0.2, 0) is 0 Å². The van der Waals surface area contributed by atoms with Crippen molar-refractivity contribution in [1.82, 2.24) is 4.90 Å². The van der Waals surface area contributed by atoms with Crippen LogP contribution in [0.1, 0.15) is 42.9 Å². The summed E-state index contributed by atoms with van der Waals surface area (Å²) in [5.74, 6) is 2.08. The first-order valence-electron chi connectivity index (χ1n) is 7.43. The van der Waals surface area contributed by atoms with Gasteiger partial charge in [0.1, 0.15) is 0 Å². The van der Waals surface area contributed by atoms with Crippen LogP contribution in [0.15, 0.2) is 24.3 Å². The number of hydrogen-bond donors (Lipinski definition) is 1. The highest BCUT2D eigenvalue weighted by atomic mass is 32.2. The van der Waals surface area contributed by atoms with Gasteiger partial charge in [-0.05, 0) is 29.9 Å². The third-order valence-corrected chi connectivity index (χ3v) is 5.44. The highest BCUT2D eigenvalue weighted by Crippen LogP contribution is 2.40. The van der Waals surface area contributed by atoms with Crippen molar-refractivity contribution in [2.45, 2.75) is 37.0 Å². The van der Waals surface area contributed by atoms with Crippen molar-refractivity contribution in [2.24, 2.45) is 5.73 Å². The SMILES string of the molecule is CC1CN(C(CN)c2ccc(C3CC3)cc2)CCS1. The Hall–Kier alpha value is -0.510. The van der Waals surface area contributed by atoms with Gasteiger partial charge in [0.2, 0.25) is 0 Å². The summed E-state index contributed by atoms with van der Waals surface area (Å²) in [6.07, 6.45) is 2.75. The van der Waals surface area contributed by atoms with Crippen molar-refractivity contribution < 1.29 is 0 Å². The van der Waals surface area contributed by atoms with Crippen LogP contribution in [0, 0.1) is 0 Å². The Kier molecular flexibility index (Phi) is 4.15. The van der Waals surface area contributed by atoms with Gasteiger partial charge in [0.25, 0.3) is 0 Å². The maximum absolute atomic E-state index is 6.04. The zero-order valence-electron chi connectivity index (χ0n) is 11.7. The quantitative estimate of drug-likeness (QED) is 0.916. The van der Waals surface area contributed by atoms with Crippen LogP contribution in [-0.4, -0.2) is 35.5 Å². The maximum atomic E-state index is 6.04. The van der Waals surface area contributed by atoms with E-state index in [1.54, 1.807) is 0 Å². The van der Waals surface area contributed by atoms with Crippen molar-refractivity contribution in [3.8, 4) is 0 Å². The van der Waals surface area contributed by atoms with Crippen LogP contribution in [0.4, 0.5) is 0 Å². The third-order valence-electron chi connectivity index (χ3n) is 4.31. The van der Waals surface area contributed by atoms with Gasteiger partial charge >= 0.3 is 0 Å². The molecule has 2 N–H and O–H groups in total. The van der Waals surface area contributed by atoms with E-state index in [1.807, 2.05) is 0 Å². The molecule has 0 amide bonds. The lowest BCUT2D eigenvalue weighted by Crippen LogP contribution is -2.42. The normalized spacial score (nSPS) is 26.3. The molecule has 3 heteroatoms. The number of thioether (sulfide) groups is 1. The molecule has 0 spiro atoms. The van der Waals surface area contributed by atoms with E-state index >= 15 is 0 Å². The number of nitrogens with zero attached hydrogens (tertiary/aromatic N) is 1. The highest BCUT2D eigenvalue weighted by molar-refractivity contribution is 7.99. The van der Waals surface area contributed by atoms with Crippen molar-refractivity contribution in [3.05, 3.63) is 35.4 Å². The van der Waals surface area contributed by atoms with Gasteiger partial charge in [0, 0.05) is 36.7 Å². The Balaban J connectivity index is 1.73. The standard InChI is InChI=1S/C16H24N2S/c1-12-11-18(8-9-19-12)16(10-17)15-6-4-14(5-7-15)13-2-3-13/h4-7,12-13,16H,2-3,8-11,17H2,1H3. The molecule has 1 aliphatic heterocycles. The Morgan fingerprint density at radius 1 is 1.32 bits per heavy atom. The van der Waals surface area contributed by atoms with Crippen LogP contribution in [0.5, 0.6) is 0 Å². The second kappa shape index (κ2) is 5.86. The maximum Gasteiger partial charge on any atom is 0.0471 e. The fourth-order valence-corrected chi connectivity index (χ4v) is 4.07. The number of nitrogens with two attached hydrogens (primary N) is 1. The van der Waals surface area contributed by atoms with Crippen LogP contribution < -0.4 is 5.73 Å². The minimum absolute atomic E-state index is 0.400. The zero-order chi connectivity index (χ0) is 13.2. The molecule has 2 aliphatic rings. The molecule has 1 aromatic rings. The second-order valence-corrected chi connectivity index (χ2v) is 7.42. The molecule has 1 aromatic carbocycles. The van der Waals surface area contributed by atoms with Crippen LogP contribution in [0.3, 0.4) is 0 Å². The molecule has 3 rings (SSSR count). The van der Waals surface area contributed by atoms with Crippen molar-refractivity contribution in [3.63, 3.8) is 0 Å². The second-order valence-electron chi connectivity index (χ2n) is 5.87. The fraction of sp³-hybridized carbons (Fsp3) is 0.625. The molecule has 1 saturated carbocycles. The topological polar surface area (TPSA) is 29.3 Å². The van der Waals surface area contributed by atoms with Crippen LogP contribution in [0.25, 0.3) is 0 Å². The lowest BCUT2D eigenvalue weighted by Gasteiger charge is -2.36. The molecular weight excluding hydrogens is 252 g/mol. The van der Waals surface area contributed by atoms with Gasteiger partial charge in [-0.2, -0.15) is 11.8 Å². The third kappa shape index (κ3) is 3.15. The lowest BCUT2D eigenvalue weighted by atomic mass is 10.0. The molecule has 0 radical (unpaired) electrons. The molecule has 1 saturated heterocycles. The molecular formula is C16H24N2S. The molecule has 1 heterocycles. The highest BCUT2D eigenvalue weighted by Gasteiger charge is 2.26. The van der Waals surface area contributed by atoms with E-state index in [0.717, 1.165) is 24.3 Å². The molecule has 2 nitrogen and oxygen atoms in total. The summed E-state index contributed by atoms with van der Waals surface area (Å²) in [7, 11) is 0.